The zero-order chi connectivity index (χ0) is 99.3. The minimum atomic E-state index is -0.0149. The first-order chi connectivity index (χ1) is 71.4. The van der Waals surface area contributed by atoms with Gasteiger partial charge >= 0.3 is 0 Å². The fourth-order valence-corrected chi connectivity index (χ4v) is 21.9. The summed E-state index contributed by atoms with van der Waals surface area (Å²) in [6.45, 7) is 13.6. The van der Waals surface area contributed by atoms with Gasteiger partial charge in [-0.05, 0) is 267 Å². The fourth-order valence-electron chi connectivity index (χ4n) is 21.9. The SMILES string of the molecule is CC(C)(C)c1ccc2c(c1)c1cc(C(C)(C)C)ccc1n2-c1cc2c3ccccc3n(-c3ccccc3)c2cc1-c1cc(C#N)cc(C#N)c1.N#Cc1cc(C#N)cc(-c2cc3c(cc2-n2c4ccc(-c5ccccc5)cc4c4cc(-c5ccccc5)ccc42)c2ccccc2n3-c2ccccc2)c1.N#Cc1cc(C#N)cc(-c2cc3c(cc2-n2c4ccccc4c4ccccc42)c2ccccc2n3-c2ccccc2)c1. The molecule has 20 aromatic carbocycles. The molecule has 26 rings (SSSR count). The van der Waals surface area contributed by atoms with Gasteiger partial charge in [0.15, 0.2) is 0 Å². The summed E-state index contributed by atoms with van der Waals surface area (Å²) in [4.78, 5) is 0. The van der Waals surface area contributed by atoms with Gasteiger partial charge in [0.25, 0.3) is 0 Å². The molecular weight excluding hydrogens is 1780 g/mol. The molecule has 0 aliphatic carbocycles. The molecule has 12 nitrogen and oxygen atoms in total. The summed E-state index contributed by atoms with van der Waals surface area (Å²) in [5, 5.41) is 73.9. The van der Waals surface area contributed by atoms with Gasteiger partial charge in [0.2, 0.25) is 0 Å². The second-order valence-corrected chi connectivity index (χ2v) is 39.5. The minimum Gasteiger partial charge on any atom is -0.309 e. The van der Waals surface area contributed by atoms with Crippen molar-refractivity contribution in [3.63, 3.8) is 0 Å². The number of rotatable bonds is 11. The Kier molecular flexibility index (Phi) is 21.8. The second-order valence-electron chi connectivity index (χ2n) is 39.5. The van der Waals surface area contributed by atoms with E-state index < -0.39 is 0 Å². The average molecular weight is 1870 g/mol. The van der Waals surface area contributed by atoms with E-state index in [9.17, 15) is 31.6 Å². The van der Waals surface area contributed by atoms with Crippen LogP contribution in [0.5, 0.6) is 0 Å². The molecule has 0 aliphatic heterocycles. The molecule has 6 heterocycles. The quantitative estimate of drug-likeness (QED) is 0.125. The van der Waals surface area contributed by atoms with Crippen LogP contribution in [0.4, 0.5) is 0 Å². The van der Waals surface area contributed by atoms with Crippen molar-refractivity contribution in [2.24, 2.45) is 0 Å². The number of benzene rings is 20. The number of para-hydroxylation sites is 8. The van der Waals surface area contributed by atoms with Crippen LogP contribution in [-0.4, -0.2) is 27.4 Å². The van der Waals surface area contributed by atoms with Gasteiger partial charge in [-0.1, -0.05) is 272 Å². The van der Waals surface area contributed by atoms with Crippen molar-refractivity contribution in [1.82, 2.24) is 27.4 Å². The number of fused-ring (bicyclic) bond motifs is 18. The molecule has 6 aromatic heterocycles. The van der Waals surface area contributed by atoms with Gasteiger partial charge in [-0.2, -0.15) is 31.6 Å². The molecule has 0 spiro atoms. The Morgan fingerprint density at radius 3 is 0.630 bits per heavy atom. The van der Waals surface area contributed by atoms with Crippen molar-refractivity contribution < 1.29 is 0 Å². The summed E-state index contributed by atoms with van der Waals surface area (Å²) < 4.78 is 14.0. The van der Waals surface area contributed by atoms with Gasteiger partial charge in [-0.3, -0.25) is 0 Å². The predicted octanol–water partition coefficient (Wildman–Crippen LogP) is 33.8. The van der Waals surface area contributed by atoms with E-state index in [1.165, 1.54) is 32.7 Å². The van der Waals surface area contributed by atoms with Crippen molar-refractivity contribution in [3.05, 3.63) is 481 Å². The van der Waals surface area contributed by atoms with Gasteiger partial charge in [-0.25, -0.2) is 0 Å². The number of hydrogen-bond acceptors (Lipinski definition) is 6. The smallest absolute Gasteiger partial charge is 0.0992 e. The van der Waals surface area contributed by atoms with Crippen LogP contribution < -0.4 is 0 Å². The van der Waals surface area contributed by atoms with Crippen molar-refractivity contribution in [3.8, 4) is 126 Å². The lowest BCUT2D eigenvalue weighted by atomic mass is 9.85. The molecule has 0 fully saturated rings. The highest BCUT2D eigenvalue weighted by atomic mass is 15.0. The molecule has 0 radical (unpaired) electrons. The van der Waals surface area contributed by atoms with Gasteiger partial charge < -0.3 is 27.4 Å². The Balaban J connectivity index is 0.000000118. The van der Waals surface area contributed by atoms with Crippen LogP contribution in [0, 0.1) is 68.0 Å². The maximum Gasteiger partial charge on any atom is 0.0992 e. The summed E-state index contributed by atoms with van der Waals surface area (Å²) in [6.07, 6.45) is 0. The molecule has 0 N–H and O–H groups in total. The summed E-state index contributed by atoms with van der Waals surface area (Å²) >= 11 is 0. The Morgan fingerprint density at radius 2 is 0.370 bits per heavy atom. The first kappa shape index (κ1) is 88.8. The van der Waals surface area contributed by atoms with Crippen molar-refractivity contribution >= 4 is 131 Å². The van der Waals surface area contributed by atoms with Crippen molar-refractivity contribution in [2.75, 3.05) is 0 Å². The van der Waals surface area contributed by atoms with Crippen LogP contribution in [0.1, 0.15) is 86.1 Å². The van der Waals surface area contributed by atoms with Gasteiger partial charge in [0.1, 0.15) is 0 Å². The molecule has 0 unspecified atom stereocenters. The first-order valence-electron chi connectivity index (χ1n) is 48.9. The molecule has 0 aliphatic rings. The molecule has 26 aromatic rings. The van der Waals surface area contributed by atoms with Gasteiger partial charge in [0.05, 0.1) is 153 Å². The molecule has 0 saturated heterocycles. The fraction of sp³-hybridized carbons (Fsp3) is 0.0597. The molecule has 0 atom stereocenters. The lowest BCUT2D eigenvalue weighted by Gasteiger charge is -2.20. The van der Waals surface area contributed by atoms with Crippen molar-refractivity contribution in [2.45, 2.75) is 52.4 Å². The average Bonchev–Trinajstić information content (AvgIpc) is 1.56. The normalized spacial score (nSPS) is 11.6. The molecular formula is C134H90N12. The van der Waals surface area contributed by atoms with Crippen LogP contribution in [0.15, 0.2) is 437 Å². The molecule has 146 heavy (non-hydrogen) atoms. The van der Waals surface area contributed by atoms with Gasteiger partial charge in [-0.15, -0.1) is 0 Å². The van der Waals surface area contributed by atoms with Crippen LogP contribution >= 0.6 is 0 Å². The van der Waals surface area contributed by atoms with E-state index in [0.29, 0.717) is 33.4 Å². The number of aromatic nitrogens is 6. The molecule has 0 saturated carbocycles. The van der Waals surface area contributed by atoms with E-state index in [-0.39, 0.29) is 10.8 Å². The summed E-state index contributed by atoms with van der Waals surface area (Å²) in [5.74, 6) is 0. The maximum atomic E-state index is 10.1. The highest BCUT2D eigenvalue weighted by Crippen LogP contribution is 2.50. The van der Waals surface area contributed by atoms with Crippen molar-refractivity contribution in [1.29, 1.82) is 31.6 Å². The van der Waals surface area contributed by atoms with E-state index in [0.717, 1.165) is 199 Å². The second kappa shape index (κ2) is 35.8. The molecule has 12 heteroatoms. The van der Waals surface area contributed by atoms with E-state index in [1.54, 1.807) is 18.2 Å². The van der Waals surface area contributed by atoms with E-state index in [4.69, 9.17) is 0 Å². The summed E-state index contributed by atoms with van der Waals surface area (Å²) in [5.41, 5.74) is 34.4. The Morgan fingerprint density at radius 1 is 0.158 bits per heavy atom. The standard InChI is InChI=1S/C50H30N4.C46H38N4.C38H22N4/c51-31-33-24-34(32-52)26-39(25-33)42-29-50-45(41-18-10-11-19-46(41)53(50)40-16-8-3-9-17-40)30-49(42)54-47-22-20-37(35-12-4-1-5-13-35)27-43(47)44-28-38(21-23-48(44)54)36-14-6-2-7-15-36;1-45(2,3)32-16-18-41-37(23-32)38-24-33(46(4,5)6)17-19-42(38)50(41)43-26-39-35-14-10-11-15-40(35)49(34-12-8-7-9-13-34)44(39)25-36(43)31-21-29(27-47)20-30(22-31)28-48;39-23-25-18-26(24-40)20-27(19-25)32-21-38-33(31-14-6-7-15-34(31)41(38)28-10-2-1-3-11-28)22-37(32)42-35-16-8-4-12-29(35)30-13-5-9-17-36(30)42/h1-30H;7-26H,1-6H3;1-22H. The van der Waals surface area contributed by atoms with E-state index in [1.807, 2.05) is 66.7 Å². The first-order valence-corrected chi connectivity index (χ1v) is 48.9. The third-order valence-electron chi connectivity index (χ3n) is 28.7. The van der Waals surface area contributed by atoms with Crippen LogP contribution in [0.2, 0.25) is 0 Å². The minimum absolute atomic E-state index is 0.0149. The predicted molar refractivity (Wildman–Crippen MR) is 598 cm³/mol. The number of nitrogens with zero attached hydrogens (tertiary/aromatic N) is 12. The lowest BCUT2D eigenvalue weighted by Crippen LogP contribution is -2.10. The Bertz CT molecular complexity index is 9830. The summed E-state index contributed by atoms with van der Waals surface area (Å²) in [7, 11) is 0. The topological polar surface area (TPSA) is 172 Å². The highest BCUT2D eigenvalue weighted by molar-refractivity contribution is 6.19. The zero-order valence-electron chi connectivity index (χ0n) is 80.9. The van der Waals surface area contributed by atoms with Gasteiger partial charge in [0, 0.05) is 98.4 Å². The molecule has 0 amide bonds. The third kappa shape index (κ3) is 15.3. The van der Waals surface area contributed by atoms with Crippen LogP contribution in [0.25, 0.3) is 221 Å². The van der Waals surface area contributed by atoms with Crippen LogP contribution in [-0.2, 0) is 10.8 Å². The Hall–Kier alpha value is -19.9. The zero-order valence-corrected chi connectivity index (χ0v) is 80.9. The third-order valence-corrected chi connectivity index (χ3v) is 28.7. The van der Waals surface area contributed by atoms with E-state index >= 15 is 0 Å². The summed E-state index contributed by atoms with van der Waals surface area (Å²) in [6, 6.07) is 166. The number of hydrogen-bond donors (Lipinski definition) is 0. The number of nitriles is 6. The maximum absolute atomic E-state index is 10.1. The molecule has 686 valence electrons. The highest BCUT2D eigenvalue weighted by Gasteiger charge is 2.29. The van der Waals surface area contributed by atoms with Crippen LogP contribution in [0.3, 0.4) is 0 Å². The lowest BCUT2D eigenvalue weighted by molar-refractivity contribution is 0.590. The molecule has 0 bridgehead atoms. The largest absolute Gasteiger partial charge is 0.309 e. The Labute approximate surface area is 843 Å². The van der Waals surface area contributed by atoms with E-state index in [2.05, 4.69) is 457 Å². The monoisotopic (exact) mass is 1870 g/mol.